The van der Waals surface area contributed by atoms with Gasteiger partial charge in [0.05, 0.1) is 11.3 Å². The summed E-state index contributed by atoms with van der Waals surface area (Å²) in [6, 6.07) is 13.2. The number of unbranched alkanes of at least 4 members (excludes halogenated alkanes) is 24. The van der Waals surface area contributed by atoms with Crippen molar-refractivity contribution >= 4 is 29.3 Å². The fourth-order valence-electron chi connectivity index (χ4n) is 7.22. The number of ether oxygens (including phenoxy) is 3. The third-order valence-corrected chi connectivity index (χ3v) is 11.1. The summed E-state index contributed by atoms with van der Waals surface area (Å²) >= 11 is 0. The first-order valence-corrected chi connectivity index (χ1v) is 23.3. The lowest BCUT2D eigenvalue weighted by Crippen LogP contribution is -2.31. The number of hydrogen-bond acceptors (Lipinski definition) is 7. The second-order valence-electron chi connectivity index (χ2n) is 16.3. The first-order valence-electron chi connectivity index (χ1n) is 23.3. The first-order chi connectivity index (χ1) is 27.8. The Balaban J connectivity index is 1.79. The van der Waals surface area contributed by atoms with Gasteiger partial charge in [-0.15, -0.1) is 0 Å². The number of carbonyl (C=O) groups excluding carboxylic acids is 3. The van der Waals surface area contributed by atoms with Crippen molar-refractivity contribution in [3.8, 4) is 0 Å². The molecule has 2 aromatic rings. The van der Waals surface area contributed by atoms with Gasteiger partial charge in [0.1, 0.15) is 13.2 Å². The minimum absolute atomic E-state index is 0.165. The predicted octanol–water partition coefficient (Wildman–Crippen LogP) is 14.6. The highest BCUT2D eigenvalue weighted by atomic mass is 16.6. The van der Waals surface area contributed by atoms with Gasteiger partial charge in [0.2, 0.25) is 0 Å². The molecule has 2 aromatic carbocycles. The van der Waals surface area contributed by atoms with E-state index in [2.05, 4.69) is 19.2 Å². The number of carbonyl (C=O) groups is 3. The molecule has 0 heterocycles. The highest BCUT2D eigenvalue weighted by molar-refractivity contribution is 5.96. The zero-order valence-electron chi connectivity index (χ0n) is 36.8. The smallest absolute Gasteiger partial charge is 0.340 e. The van der Waals surface area contributed by atoms with Gasteiger partial charge in [-0.05, 0) is 56.0 Å². The molecule has 0 spiro atoms. The van der Waals surface area contributed by atoms with Crippen molar-refractivity contribution in [1.82, 2.24) is 0 Å². The molecule has 322 valence electrons. The Morgan fingerprint density at radius 1 is 0.491 bits per heavy atom. The average molecular weight is 792 g/mol. The molecule has 0 radical (unpaired) electrons. The number of esters is 3. The van der Waals surface area contributed by atoms with Gasteiger partial charge in [-0.1, -0.05) is 192 Å². The molecule has 0 saturated heterocycles. The first kappa shape index (κ1) is 49.8. The van der Waals surface area contributed by atoms with Crippen molar-refractivity contribution in [2.75, 3.05) is 18.5 Å². The van der Waals surface area contributed by atoms with Crippen molar-refractivity contribution in [2.45, 2.75) is 214 Å². The van der Waals surface area contributed by atoms with Crippen LogP contribution in [0.15, 0.2) is 42.5 Å². The summed E-state index contributed by atoms with van der Waals surface area (Å²) < 4.78 is 17.1. The number of benzene rings is 2. The van der Waals surface area contributed by atoms with E-state index in [1.54, 1.807) is 12.1 Å². The number of para-hydroxylation sites is 1. The van der Waals surface area contributed by atoms with Gasteiger partial charge in [0.15, 0.2) is 6.10 Å². The maximum absolute atomic E-state index is 13.6. The number of hydrogen-bond donors (Lipinski definition) is 1. The van der Waals surface area contributed by atoms with Crippen LogP contribution in [0, 0.1) is 13.8 Å². The summed E-state index contributed by atoms with van der Waals surface area (Å²) in [5.41, 5.74) is 4.08. The summed E-state index contributed by atoms with van der Waals surface area (Å²) in [5, 5.41) is 3.38. The minimum Gasteiger partial charge on any atom is -0.462 e. The van der Waals surface area contributed by atoms with Crippen LogP contribution < -0.4 is 5.32 Å². The van der Waals surface area contributed by atoms with Gasteiger partial charge < -0.3 is 19.5 Å². The largest absolute Gasteiger partial charge is 0.462 e. The van der Waals surface area contributed by atoms with Gasteiger partial charge in [0, 0.05) is 18.5 Å². The Labute approximate surface area is 348 Å². The van der Waals surface area contributed by atoms with E-state index >= 15 is 0 Å². The molecule has 0 bridgehead atoms. The van der Waals surface area contributed by atoms with Crippen LogP contribution in [0.4, 0.5) is 11.4 Å². The summed E-state index contributed by atoms with van der Waals surface area (Å²) in [5.74, 6) is -1.22. The predicted molar refractivity (Wildman–Crippen MR) is 237 cm³/mol. The van der Waals surface area contributed by atoms with Gasteiger partial charge in [-0.3, -0.25) is 9.59 Å². The van der Waals surface area contributed by atoms with Crippen LogP contribution in [0.3, 0.4) is 0 Å². The molecule has 0 aliphatic carbocycles. The summed E-state index contributed by atoms with van der Waals surface area (Å²) in [6.45, 7) is 8.27. The fraction of sp³-hybridized carbons (Fsp3) is 0.700. The van der Waals surface area contributed by atoms with E-state index in [0.29, 0.717) is 24.1 Å². The van der Waals surface area contributed by atoms with Crippen LogP contribution in [0.25, 0.3) is 0 Å². The van der Waals surface area contributed by atoms with Crippen molar-refractivity contribution < 1.29 is 28.6 Å². The molecule has 0 aliphatic rings. The third-order valence-electron chi connectivity index (χ3n) is 11.1. The van der Waals surface area contributed by atoms with E-state index in [9.17, 15) is 14.4 Å². The van der Waals surface area contributed by atoms with E-state index in [-0.39, 0.29) is 25.2 Å². The topological polar surface area (TPSA) is 90.9 Å². The molecule has 2 rings (SSSR count). The Hall–Kier alpha value is -3.35. The number of aryl methyl sites for hydroxylation is 1. The van der Waals surface area contributed by atoms with Gasteiger partial charge >= 0.3 is 17.9 Å². The maximum Gasteiger partial charge on any atom is 0.340 e. The van der Waals surface area contributed by atoms with E-state index in [0.717, 1.165) is 55.3 Å². The Morgan fingerprint density at radius 2 is 0.877 bits per heavy atom. The Kier molecular flexibility index (Phi) is 29.4. The highest BCUT2D eigenvalue weighted by Gasteiger charge is 2.22. The molecule has 7 nitrogen and oxygen atoms in total. The zero-order valence-corrected chi connectivity index (χ0v) is 36.8. The highest BCUT2D eigenvalue weighted by Crippen LogP contribution is 2.26. The van der Waals surface area contributed by atoms with Crippen LogP contribution in [-0.2, 0) is 23.8 Å². The molecule has 1 N–H and O–H groups in total. The summed E-state index contributed by atoms with van der Waals surface area (Å²) in [4.78, 5) is 39.0. The van der Waals surface area contributed by atoms with E-state index < -0.39 is 12.1 Å². The molecule has 0 unspecified atom stereocenters. The quantitative estimate of drug-likeness (QED) is 0.0417. The summed E-state index contributed by atoms with van der Waals surface area (Å²) in [6.07, 6.45) is 31.9. The van der Waals surface area contributed by atoms with Crippen molar-refractivity contribution in [3.05, 3.63) is 59.2 Å². The monoisotopic (exact) mass is 792 g/mol. The van der Waals surface area contributed by atoms with Crippen LogP contribution in [0.1, 0.15) is 215 Å². The molecular weight excluding hydrogens is 711 g/mol. The van der Waals surface area contributed by atoms with Crippen molar-refractivity contribution in [1.29, 1.82) is 0 Å². The molecule has 0 atom stereocenters. The third kappa shape index (κ3) is 24.9. The molecule has 0 amide bonds. The second-order valence-corrected chi connectivity index (χ2v) is 16.3. The van der Waals surface area contributed by atoms with E-state index in [1.807, 2.05) is 44.2 Å². The summed E-state index contributed by atoms with van der Waals surface area (Å²) in [7, 11) is 0. The maximum atomic E-state index is 13.6. The van der Waals surface area contributed by atoms with Crippen LogP contribution in [-0.4, -0.2) is 37.2 Å². The minimum atomic E-state index is -0.919. The Morgan fingerprint density at radius 3 is 1.32 bits per heavy atom. The van der Waals surface area contributed by atoms with Crippen molar-refractivity contribution in [2.24, 2.45) is 0 Å². The normalized spacial score (nSPS) is 11.2. The molecule has 0 saturated carbocycles. The fourth-order valence-corrected chi connectivity index (χ4v) is 7.22. The van der Waals surface area contributed by atoms with Crippen molar-refractivity contribution in [3.63, 3.8) is 0 Å². The number of rotatable bonds is 36. The molecule has 7 heteroatoms. The Bertz CT molecular complexity index is 1300. The van der Waals surface area contributed by atoms with E-state index in [4.69, 9.17) is 14.2 Å². The van der Waals surface area contributed by atoms with E-state index in [1.165, 1.54) is 128 Å². The molecule has 0 fully saturated rings. The van der Waals surface area contributed by atoms with Crippen LogP contribution in [0.2, 0.25) is 0 Å². The lowest BCUT2D eigenvalue weighted by Gasteiger charge is -2.20. The van der Waals surface area contributed by atoms with Crippen LogP contribution in [0.5, 0.6) is 0 Å². The lowest BCUT2D eigenvalue weighted by atomic mass is 10.0. The standard InChI is InChI=1S/C50H81NO6/c1-5-7-9-11-13-15-17-19-21-23-25-27-29-38-48(52)55-40-44(41-56-49(53)39-30-28-26-24-22-20-18-16-14-12-10-8-6-2)57-50(54)45-35-31-32-36-47(45)51-46-37-33-34-42(3)43(46)4/h31-37,44,51H,5-30,38-41H2,1-4H3. The second kappa shape index (κ2) is 33.6. The SMILES string of the molecule is CCCCCCCCCCCCCCCC(=O)OCC(COC(=O)CCCCCCCCCCCCCCC)OC(=O)c1ccccc1Nc1cccc(C)c1C. The zero-order chi connectivity index (χ0) is 41.2. The molecule has 0 aromatic heterocycles. The van der Waals surface area contributed by atoms with Crippen LogP contribution >= 0.6 is 0 Å². The van der Waals surface area contributed by atoms with Gasteiger partial charge in [-0.2, -0.15) is 0 Å². The lowest BCUT2D eigenvalue weighted by molar-refractivity contribution is -0.152. The molecular formula is C50H81NO6. The van der Waals surface area contributed by atoms with Gasteiger partial charge in [0.25, 0.3) is 0 Å². The average Bonchev–Trinajstić information content (AvgIpc) is 3.21. The number of anilines is 2. The van der Waals surface area contributed by atoms with Gasteiger partial charge in [-0.25, -0.2) is 4.79 Å². The molecule has 57 heavy (non-hydrogen) atoms. The number of nitrogens with one attached hydrogen (secondary N) is 1. The molecule has 0 aliphatic heterocycles.